The van der Waals surface area contributed by atoms with E-state index < -0.39 is 0 Å². The van der Waals surface area contributed by atoms with E-state index in [1.54, 1.807) is 12.4 Å². The largest absolute Gasteiger partial charge is 0.338 e. The van der Waals surface area contributed by atoms with Gasteiger partial charge in [-0.1, -0.05) is 6.07 Å². The van der Waals surface area contributed by atoms with Gasteiger partial charge in [0.25, 0.3) is 0 Å². The molecular weight excluding hydrogens is 202 g/mol. The van der Waals surface area contributed by atoms with E-state index in [9.17, 15) is 4.79 Å². The molecule has 0 bridgehead atoms. The van der Waals surface area contributed by atoms with Gasteiger partial charge in [-0.15, -0.1) is 0 Å². The van der Waals surface area contributed by atoms with E-state index in [4.69, 9.17) is 5.73 Å². The molecule has 16 heavy (non-hydrogen) atoms. The summed E-state index contributed by atoms with van der Waals surface area (Å²) in [5, 5.41) is 0. The summed E-state index contributed by atoms with van der Waals surface area (Å²) >= 11 is 0. The fourth-order valence-electron chi connectivity index (χ4n) is 1.94. The smallest absolute Gasteiger partial charge is 0.222 e. The Morgan fingerprint density at radius 1 is 1.50 bits per heavy atom. The Morgan fingerprint density at radius 2 is 2.38 bits per heavy atom. The lowest BCUT2D eigenvalue weighted by Gasteiger charge is -2.20. The lowest BCUT2D eigenvalue weighted by molar-refractivity contribution is -0.131. The number of hydrogen-bond donors (Lipinski definition) is 1. The van der Waals surface area contributed by atoms with E-state index in [0.717, 1.165) is 24.9 Å². The average Bonchev–Trinajstić information content (AvgIpc) is 2.46. The number of carbonyl (C=O) groups is 1. The Bertz CT molecular complexity index is 353. The number of nitrogens with zero attached hydrogens (tertiary/aromatic N) is 2. The summed E-state index contributed by atoms with van der Waals surface area (Å²) in [4.78, 5) is 17.7. The minimum atomic E-state index is 0.169. The van der Waals surface area contributed by atoms with Gasteiger partial charge >= 0.3 is 0 Å². The molecule has 1 aliphatic heterocycles. The van der Waals surface area contributed by atoms with Gasteiger partial charge in [0.15, 0.2) is 0 Å². The van der Waals surface area contributed by atoms with Gasteiger partial charge in [0.05, 0.1) is 0 Å². The summed E-state index contributed by atoms with van der Waals surface area (Å²) < 4.78 is 0. The van der Waals surface area contributed by atoms with Crippen molar-refractivity contribution in [2.45, 2.75) is 31.8 Å². The quantitative estimate of drug-likeness (QED) is 0.804. The third-order valence-electron chi connectivity index (χ3n) is 2.95. The molecule has 4 nitrogen and oxygen atoms in total. The Labute approximate surface area is 95.5 Å². The third kappa shape index (κ3) is 2.79. The SMILES string of the molecule is NC1CCC(=O)N(Cc2cccnc2)CC1. The predicted octanol–water partition coefficient (Wildman–Crippen LogP) is 0.921. The summed E-state index contributed by atoms with van der Waals surface area (Å²) in [7, 11) is 0. The molecular formula is C12H17N3O. The number of pyridine rings is 1. The summed E-state index contributed by atoms with van der Waals surface area (Å²) in [5.41, 5.74) is 6.94. The van der Waals surface area contributed by atoms with Crippen LogP contribution >= 0.6 is 0 Å². The molecule has 4 heteroatoms. The van der Waals surface area contributed by atoms with Crippen molar-refractivity contribution < 1.29 is 4.79 Å². The second-order valence-electron chi connectivity index (χ2n) is 4.26. The van der Waals surface area contributed by atoms with E-state index in [1.807, 2.05) is 17.0 Å². The van der Waals surface area contributed by atoms with Crippen LogP contribution in [-0.4, -0.2) is 28.4 Å². The van der Waals surface area contributed by atoms with Crippen molar-refractivity contribution in [2.75, 3.05) is 6.54 Å². The summed E-state index contributed by atoms with van der Waals surface area (Å²) in [5.74, 6) is 0.205. The van der Waals surface area contributed by atoms with Crippen molar-refractivity contribution in [1.29, 1.82) is 0 Å². The van der Waals surface area contributed by atoms with Gasteiger partial charge in [-0.05, 0) is 24.5 Å². The van der Waals surface area contributed by atoms with Crippen molar-refractivity contribution >= 4 is 5.91 Å². The van der Waals surface area contributed by atoms with Crippen molar-refractivity contribution in [3.05, 3.63) is 30.1 Å². The van der Waals surface area contributed by atoms with Crippen LogP contribution in [0.15, 0.2) is 24.5 Å². The summed E-state index contributed by atoms with van der Waals surface area (Å²) in [6.45, 7) is 1.41. The maximum atomic E-state index is 11.8. The van der Waals surface area contributed by atoms with Crippen LogP contribution in [0.4, 0.5) is 0 Å². The highest BCUT2D eigenvalue weighted by molar-refractivity contribution is 5.76. The van der Waals surface area contributed by atoms with Crippen LogP contribution in [0.2, 0.25) is 0 Å². The first-order chi connectivity index (χ1) is 7.75. The van der Waals surface area contributed by atoms with Crippen LogP contribution in [0.1, 0.15) is 24.8 Å². The van der Waals surface area contributed by atoms with Gasteiger partial charge in [-0.2, -0.15) is 0 Å². The molecule has 1 aliphatic rings. The van der Waals surface area contributed by atoms with E-state index in [2.05, 4.69) is 4.98 Å². The molecule has 1 amide bonds. The number of carbonyl (C=O) groups excluding carboxylic acids is 1. The average molecular weight is 219 g/mol. The number of hydrogen-bond acceptors (Lipinski definition) is 3. The van der Waals surface area contributed by atoms with E-state index in [1.165, 1.54) is 0 Å². The zero-order valence-electron chi connectivity index (χ0n) is 9.30. The highest BCUT2D eigenvalue weighted by Crippen LogP contribution is 2.13. The molecule has 1 atom stereocenters. The number of rotatable bonds is 2. The fraction of sp³-hybridized carbons (Fsp3) is 0.500. The van der Waals surface area contributed by atoms with Gasteiger partial charge in [-0.3, -0.25) is 9.78 Å². The molecule has 0 radical (unpaired) electrons. The maximum Gasteiger partial charge on any atom is 0.222 e. The molecule has 2 N–H and O–H groups in total. The van der Waals surface area contributed by atoms with Crippen LogP contribution in [0.5, 0.6) is 0 Å². The maximum absolute atomic E-state index is 11.8. The molecule has 1 aromatic heterocycles. The summed E-state index contributed by atoms with van der Waals surface area (Å²) in [6, 6.07) is 4.05. The molecule has 1 unspecified atom stereocenters. The van der Waals surface area contributed by atoms with Crippen LogP contribution in [0.3, 0.4) is 0 Å². The number of aromatic nitrogens is 1. The Balaban J connectivity index is 2.00. The third-order valence-corrected chi connectivity index (χ3v) is 2.95. The highest BCUT2D eigenvalue weighted by Gasteiger charge is 2.20. The highest BCUT2D eigenvalue weighted by atomic mass is 16.2. The van der Waals surface area contributed by atoms with Gasteiger partial charge < -0.3 is 10.6 Å². The molecule has 0 spiro atoms. The Kier molecular flexibility index (Phi) is 3.51. The number of amides is 1. The Hall–Kier alpha value is -1.42. The second-order valence-corrected chi connectivity index (χ2v) is 4.26. The van der Waals surface area contributed by atoms with Crippen LogP contribution in [-0.2, 0) is 11.3 Å². The molecule has 0 aromatic carbocycles. The van der Waals surface area contributed by atoms with E-state index in [-0.39, 0.29) is 11.9 Å². The van der Waals surface area contributed by atoms with Gasteiger partial charge in [0, 0.05) is 37.9 Å². The minimum absolute atomic E-state index is 0.169. The number of nitrogens with two attached hydrogens (primary N) is 1. The molecule has 0 aliphatic carbocycles. The van der Waals surface area contributed by atoms with Crippen LogP contribution in [0, 0.1) is 0 Å². The lowest BCUT2D eigenvalue weighted by Crippen LogP contribution is -2.30. The monoisotopic (exact) mass is 219 g/mol. The predicted molar refractivity (Wildman–Crippen MR) is 61.5 cm³/mol. The zero-order valence-corrected chi connectivity index (χ0v) is 9.30. The van der Waals surface area contributed by atoms with Gasteiger partial charge in [0.1, 0.15) is 0 Å². The molecule has 2 rings (SSSR count). The fourth-order valence-corrected chi connectivity index (χ4v) is 1.94. The van der Waals surface area contributed by atoms with Crippen LogP contribution < -0.4 is 5.73 Å². The molecule has 2 heterocycles. The number of likely N-dealkylation sites (tertiary alicyclic amines) is 1. The first kappa shape index (κ1) is 11.1. The topological polar surface area (TPSA) is 59.2 Å². The first-order valence-electron chi connectivity index (χ1n) is 5.68. The second kappa shape index (κ2) is 5.07. The van der Waals surface area contributed by atoms with Crippen molar-refractivity contribution in [2.24, 2.45) is 5.73 Å². The minimum Gasteiger partial charge on any atom is -0.338 e. The molecule has 0 saturated carbocycles. The summed E-state index contributed by atoms with van der Waals surface area (Å²) in [6.07, 6.45) is 5.82. The van der Waals surface area contributed by atoms with E-state index >= 15 is 0 Å². The normalized spacial score (nSPS) is 21.9. The van der Waals surface area contributed by atoms with E-state index in [0.29, 0.717) is 13.0 Å². The molecule has 86 valence electrons. The van der Waals surface area contributed by atoms with Crippen molar-refractivity contribution in [3.8, 4) is 0 Å². The van der Waals surface area contributed by atoms with Crippen LogP contribution in [0.25, 0.3) is 0 Å². The Morgan fingerprint density at radius 3 is 3.12 bits per heavy atom. The van der Waals surface area contributed by atoms with Crippen molar-refractivity contribution in [3.63, 3.8) is 0 Å². The molecule has 1 fully saturated rings. The lowest BCUT2D eigenvalue weighted by atomic mass is 10.1. The molecule has 1 aromatic rings. The molecule has 1 saturated heterocycles. The van der Waals surface area contributed by atoms with Gasteiger partial charge in [-0.25, -0.2) is 0 Å². The van der Waals surface area contributed by atoms with Gasteiger partial charge in [0.2, 0.25) is 5.91 Å². The first-order valence-corrected chi connectivity index (χ1v) is 5.68. The van der Waals surface area contributed by atoms with Crippen molar-refractivity contribution in [1.82, 2.24) is 9.88 Å². The standard InChI is InChI=1S/C12H17N3O/c13-11-3-4-12(16)15(7-5-11)9-10-2-1-6-14-8-10/h1-2,6,8,11H,3-5,7,9,13H2. The zero-order chi connectivity index (χ0) is 11.4.